The Bertz CT molecular complexity index is 582. The Morgan fingerprint density at radius 3 is 2.74 bits per heavy atom. The highest BCUT2D eigenvalue weighted by Crippen LogP contribution is 2.24. The van der Waals surface area contributed by atoms with Gasteiger partial charge in [0.1, 0.15) is 5.75 Å². The van der Waals surface area contributed by atoms with E-state index in [0.717, 1.165) is 0 Å². The number of nitrogen functional groups attached to an aromatic ring is 1. The van der Waals surface area contributed by atoms with Crippen molar-refractivity contribution in [3.63, 3.8) is 0 Å². The maximum absolute atomic E-state index is 12.1. The van der Waals surface area contributed by atoms with Crippen LogP contribution in [0.15, 0.2) is 48.5 Å². The number of ether oxygens (including phenoxy) is 1. The van der Waals surface area contributed by atoms with Crippen LogP contribution in [0.1, 0.15) is 17.3 Å². The van der Waals surface area contributed by atoms with E-state index in [0.29, 0.717) is 29.3 Å². The molecule has 0 aromatic heterocycles. The minimum Gasteiger partial charge on any atom is -0.492 e. The molecule has 0 spiro atoms. The summed E-state index contributed by atoms with van der Waals surface area (Å²) in [7, 11) is 0. The lowest BCUT2D eigenvalue weighted by molar-refractivity contribution is 0.102. The van der Waals surface area contributed by atoms with Crippen LogP contribution in [0, 0.1) is 0 Å². The van der Waals surface area contributed by atoms with Gasteiger partial charge in [0.2, 0.25) is 0 Å². The molecule has 0 radical (unpaired) electrons. The molecule has 0 saturated carbocycles. The number of para-hydroxylation sites is 2. The van der Waals surface area contributed by atoms with E-state index < -0.39 is 0 Å². The quantitative estimate of drug-likeness (QED) is 0.827. The van der Waals surface area contributed by atoms with Crippen LogP contribution in [0.5, 0.6) is 5.75 Å². The molecule has 4 heteroatoms. The van der Waals surface area contributed by atoms with E-state index in [4.69, 9.17) is 10.5 Å². The maximum Gasteiger partial charge on any atom is 0.255 e. The van der Waals surface area contributed by atoms with Crippen LogP contribution in [-0.2, 0) is 0 Å². The molecule has 0 aliphatic rings. The molecule has 0 saturated heterocycles. The molecule has 0 unspecified atom stereocenters. The standard InChI is InChI=1S/C15H16N2O2/c1-2-19-14-9-4-3-8-13(14)17-15(18)11-6-5-7-12(16)10-11/h3-10H,2,16H2,1H3,(H,17,18). The Hall–Kier alpha value is -2.49. The van der Waals surface area contributed by atoms with E-state index in [1.54, 1.807) is 30.3 Å². The topological polar surface area (TPSA) is 64.3 Å². The molecule has 0 atom stereocenters. The Morgan fingerprint density at radius 1 is 1.21 bits per heavy atom. The van der Waals surface area contributed by atoms with E-state index in [1.165, 1.54) is 0 Å². The number of anilines is 2. The third-order valence-corrected chi connectivity index (χ3v) is 2.58. The van der Waals surface area contributed by atoms with Gasteiger partial charge in [0.05, 0.1) is 12.3 Å². The van der Waals surface area contributed by atoms with Crippen molar-refractivity contribution >= 4 is 17.3 Å². The third kappa shape index (κ3) is 3.25. The van der Waals surface area contributed by atoms with Gasteiger partial charge in [0, 0.05) is 11.3 Å². The van der Waals surface area contributed by atoms with Crippen molar-refractivity contribution in [2.75, 3.05) is 17.7 Å². The number of nitrogens with two attached hydrogens (primary N) is 1. The molecule has 0 fully saturated rings. The van der Waals surface area contributed by atoms with Gasteiger partial charge in [-0.25, -0.2) is 0 Å². The van der Waals surface area contributed by atoms with Gasteiger partial charge in [-0.2, -0.15) is 0 Å². The van der Waals surface area contributed by atoms with E-state index in [-0.39, 0.29) is 5.91 Å². The van der Waals surface area contributed by atoms with Crippen molar-refractivity contribution < 1.29 is 9.53 Å². The molecule has 1 amide bonds. The van der Waals surface area contributed by atoms with Gasteiger partial charge < -0.3 is 15.8 Å². The first kappa shape index (κ1) is 13.0. The van der Waals surface area contributed by atoms with Crippen LogP contribution in [-0.4, -0.2) is 12.5 Å². The molecule has 3 N–H and O–H groups in total. The fourth-order valence-electron chi connectivity index (χ4n) is 1.73. The minimum atomic E-state index is -0.209. The van der Waals surface area contributed by atoms with Gasteiger partial charge >= 0.3 is 0 Å². The number of hydrogen-bond donors (Lipinski definition) is 2. The summed E-state index contributed by atoms with van der Waals surface area (Å²) in [5, 5.41) is 2.82. The van der Waals surface area contributed by atoms with Crippen LogP contribution < -0.4 is 15.8 Å². The molecule has 0 bridgehead atoms. The summed E-state index contributed by atoms with van der Waals surface area (Å²) in [6.45, 7) is 2.45. The summed E-state index contributed by atoms with van der Waals surface area (Å²) < 4.78 is 5.46. The number of benzene rings is 2. The molecule has 19 heavy (non-hydrogen) atoms. The average Bonchev–Trinajstić information content (AvgIpc) is 2.41. The number of hydrogen-bond acceptors (Lipinski definition) is 3. The molecule has 0 heterocycles. The Morgan fingerprint density at radius 2 is 2.00 bits per heavy atom. The highest BCUT2D eigenvalue weighted by molar-refractivity contribution is 6.05. The largest absolute Gasteiger partial charge is 0.492 e. The van der Waals surface area contributed by atoms with Gasteiger partial charge in [-0.15, -0.1) is 0 Å². The van der Waals surface area contributed by atoms with Crippen molar-refractivity contribution in [2.45, 2.75) is 6.92 Å². The van der Waals surface area contributed by atoms with Crippen molar-refractivity contribution in [1.82, 2.24) is 0 Å². The van der Waals surface area contributed by atoms with Crippen LogP contribution >= 0.6 is 0 Å². The monoisotopic (exact) mass is 256 g/mol. The zero-order chi connectivity index (χ0) is 13.7. The van der Waals surface area contributed by atoms with Gasteiger partial charge in [-0.05, 0) is 37.3 Å². The summed E-state index contributed by atoms with van der Waals surface area (Å²) in [5.74, 6) is 0.446. The van der Waals surface area contributed by atoms with E-state index in [9.17, 15) is 4.79 Å². The predicted molar refractivity (Wildman–Crippen MR) is 76.4 cm³/mol. The zero-order valence-electron chi connectivity index (χ0n) is 10.7. The van der Waals surface area contributed by atoms with Crippen LogP contribution in [0.3, 0.4) is 0 Å². The summed E-state index contributed by atoms with van der Waals surface area (Å²) in [6.07, 6.45) is 0. The van der Waals surface area contributed by atoms with Crippen molar-refractivity contribution in [1.29, 1.82) is 0 Å². The molecule has 2 aromatic carbocycles. The first-order valence-corrected chi connectivity index (χ1v) is 6.09. The Kier molecular flexibility index (Phi) is 4.03. The molecule has 2 rings (SSSR count). The Balaban J connectivity index is 2.19. The van der Waals surface area contributed by atoms with E-state index in [1.807, 2.05) is 25.1 Å². The molecular weight excluding hydrogens is 240 g/mol. The fraction of sp³-hybridized carbons (Fsp3) is 0.133. The Labute approximate surface area is 112 Å². The second-order valence-corrected chi connectivity index (χ2v) is 4.01. The molecule has 4 nitrogen and oxygen atoms in total. The number of carbonyl (C=O) groups is 1. The van der Waals surface area contributed by atoms with Gasteiger partial charge in [0.15, 0.2) is 0 Å². The van der Waals surface area contributed by atoms with Crippen LogP contribution in [0.2, 0.25) is 0 Å². The van der Waals surface area contributed by atoms with Gasteiger partial charge in [-0.3, -0.25) is 4.79 Å². The second kappa shape index (κ2) is 5.91. The number of amides is 1. The summed E-state index contributed by atoms with van der Waals surface area (Å²) in [4.78, 5) is 12.1. The minimum absolute atomic E-state index is 0.209. The van der Waals surface area contributed by atoms with Gasteiger partial charge in [0.25, 0.3) is 5.91 Å². The van der Waals surface area contributed by atoms with Crippen LogP contribution in [0.4, 0.5) is 11.4 Å². The van der Waals surface area contributed by atoms with Crippen molar-refractivity contribution in [3.05, 3.63) is 54.1 Å². The SMILES string of the molecule is CCOc1ccccc1NC(=O)c1cccc(N)c1. The summed E-state index contributed by atoms with van der Waals surface area (Å²) in [5.41, 5.74) is 7.39. The number of rotatable bonds is 4. The lowest BCUT2D eigenvalue weighted by Gasteiger charge is -2.11. The second-order valence-electron chi connectivity index (χ2n) is 4.01. The lowest BCUT2D eigenvalue weighted by atomic mass is 10.2. The highest BCUT2D eigenvalue weighted by Gasteiger charge is 2.09. The van der Waals surface area contributed by atoms with E-state index >= 15 is 0 Å². The number of nitrogens with one attached hydrogen (secondary N) is 1. The lowest BCUT2D eigenvalue weighted by Crippen LogP contribution is -2.13. The average molecular weight is 256 g/mol. The summed E-state index contributed by atoms with van der Waals surface area (Å²) >= 11 is 0. The molecule has 2 aromatic rings. The van der Waals surface area contributed by atoms with Crippen LogP contribution in [0.25, 0.3) is 0 Å². The maximum atomic E-state index is 12.1. The molecule has 98 valence electrons. The van der Waals surface area contributed by atoms with E-state index in [2.05, 4.69) is 5.32 Å². The predicted octanol–water partition coefficient (Wildman–Crippen LogP) is 2.92. The number of carbonyl (C=O) groups excluding carboxylic acids is 1. The third-order valence-electron chi connectivity index (χ3n) is 2.58. The smallest absolute Gasteiger partial charge is 0.255 e. The molecular formula is C15H16N2O2. The van der Waals surface area contributed by atoms with Crippen molar-refractivity contribution in [2.24, 2.45) is 0 Å². The van der Waals surface area contributed by atoms with Crippen molar-refractivity contribution in [3.8, 4) is 5.75 Å². The fourth-order valence-corrected chi connectivity index (χ4v) is 1.73. The summed E-state index contributed by atoms with van der Waals surface area (Å²) in [6, 6.07) is 14.2. The highest BCUT2D eigenvalue weighted by atomic mass is 16.5. The van der Waals surface area contributed by atoms with Gasteiger partial charge in [-0.1, -0.05) is 18.2 Å². The first-order chi connectivity index (χ1) is 9.20. The zero-order valence-corrected chi connectivity index (χ0v) is 10.7. The first-order valence-electron chi connectivity index (χ1n) is 6.09. The normalized spacial score (nSPS) is 9.95. The molecule has 0 aliphatic carbocycles. The molecule has 0 aliphatic heterocycles.